The highest BCUT2D eigenvalue weighted by Gasteiger charge is 2.27. The summed E-state index contributed by atoms with van der Waals surface area (Å²) in [5.41, 5.74) is 0. The van der Waals surface area contributed by atoms with Crippen molar-refractivity contribution in [3.05, 3.63) is 28.5 Å². The Kier molecular flexibility index (Phi) is 6.11. The molecule has 0 unspecified atom stereocenters. The minimum atomic E-state index is -3.93. The first-order valence-electron chi connectivity index (χ1n) is 6.11. The molecular formula is C13H16BrFN2O2S. The highest BCUT2D eigenvalue weighted by atomic mass is 79.9. The first-order chi connectivity index (χ1) is 9.28. The number of hydrogen-bond donors (Lipinski definition) is 0. The van der Waals surface area contributed by atoms with Crippen LogP contribution in [0.3, 0.4) is 0 Å². The Hall–Kier alpha value is -0.970. The molecule has 20 heavy (non-hydrogen) atoms. The monoisotopic (exact) mass is 362 g/mol. The molecule has 0 aliphatic carbocycles. The largest absolute Gasteiger partial charge is 0.246 e. The minimum Gasteiger partial charge on any atom is -0.207 e. The van der Waals surface area contributed by atoms with Gasteiger partial charge in [-0.15, -0.1) is 0 Å². The van der Waals surface area contributed by atoms with Gasteiger partial charge in [0.1, 0.15) is 10.7 Å². The van der Waals surface area contributed by atoms with Crippen molar-refractivity contribution in [1.29, 1.82) is 5.26 Å². The maximum absolute atomic E-state index is 13.9. The Bertz CT molecular complexity index is 611. The molecule has 1 aromatic rings. The van der Waals surface area contributed by atoms with Crippen LogP contribution in [0.25, 0.3) is 0 Å². The molecular weight excluding hydrogens is 347 g/mol. The van der Waals surface area contributed by atoms with E-state index >= 15 is 0 Å². The van der Waals surface area contributed by atoms with E-state index in [2.05, 4.69) is 15.9 Å². The van der Waals surface area contributed by atoms with Crippen LogP contribution in [-0.4, -0.2) is 25.8 Å². The summed E-state index contributed by atoms with van der Waals surface area (Å²) in [5.74, 6) is -0.716. The number of rotatable bonds is 6. The van der Waals surface area contributed by atoms with E-state index in [9.17, 15) is 12.8 Å². The molecule has 1 rings (SSSR count). The van der Waals surface area contributed by atoms with Gasteiger partial charge in [0, 0.05) is 24.0 Å². The Morgan fingerprint density at radius 3 is 2.60 bits per heavy atom. The molecule has 0 saturated carbocycles. The second-order valence-corrected chi connectivity index (χ2v) is 7.56. The first kappa shape index (κ1) is 17.1. The predicted octanol–water partition coefficient (Wildman–Crippen LogP) is 3.15. The third-order valence-electron chi connectivity index (χ3n) is 2.55. The highest BCUT2D eigenvalue weighted by molar-refractivity contribution is 9.10. The van der Waals surface area contributed by atoms with E-state index in [0.29, 0.717) is 4.47 Å². The number of nitrogens with zero attached hydrogens (tertiary/aromatic N) is 2. The number of benzene rings is 1. The van der Waals surface area contributed by atoms with E-state index in [-0.39, 0.29) is 30.3 Å². The maximum Gasteiger partial charge on any atom is 0.246 e. The maximum atomic E-state index is 13.9. The van der Waals surface area contributed by atoms with Gasteiger partial charge in [-0.2, -0.15) is 9.57 Å². The van der Waals surface area contributed by atoms with Gasteiger partial charge in [-0.1, -0.05) is 29.8 Å². The van der Waals surface area contributed by atoms with E-state index in [0.717, 1.165) is 10.4 Å². The summed E-state index contributed by atoms with van der Waals surface area (Å²) >= 11 is 3.09. The summed E-state index contributed by atoms with van der Waals surface area (Å²) in [6.45, 7) is 4.05. The molecule has 0 N–H and O–H groups in total. The van der Waals surface area contributed by atoms with Crippen LogP contribution in [-0.2, 0) is 10.0 Å². The van der Waals surface area contributed by atoms with Gasteiger partial charge >= 0.3 is 0 Å². The fourth-order valence-corrected chi connectivity index (χ4v) is 3.70. The van der Waals surface area contributed by atoms with Gasteiger partial charge in [-0.25, -0.2) is 12.8 Å². The molecule has 0 aliphatic heterocycles. The lowest BCUT2D eigenvalue weighted by Gasteiger charge is -2.23. The molecule has 0 radical (unpaired) electrons. The summed E-state index contributed by atoms with van der Waals surface area (Å²) in [6.07, 6.45) is 0.0735. The molecule has 0 spiro atoms. The lowest BCUT2D eigenvalue weighted by atomic mass is 10.2. The van der Waals surface area contributed by atoms with Crippen LogP contribution in [0.4, 0.5) is 4.39 Å². The molecule has 0 amide bonds. The molecule has 1 aromatic carbocycles. The van der Waals surface area contributed by atoms with Crippen LogP contribution >= 0.6 is 15.9 Å². The number of nitriles is 1. The van der Waals surface area contributed by atoms with Crippen LogP contribution < -0.4 is 0 Å². The van der Waals surface area contributed by atoms with Gasteiger partial charge in [0.15, 0.2) is 0 Å². The third kappa shape index (κ3) is 4.27. The molecule has 0 aromatic heterocycles. The van der Waals surface area contributed by atoms with Gasteiger partial charge < -0.3 is 0 Å². The number of sulfonamides is 1. The van der Waals surface area contributed by atoms with Crippen LogP contribution in [0.15, 0.2) is 27.6 Å². The second-order valence-electron chi connectivity index (χ2n) is 4.74. The van der Waals surface area contributed by atoms with Crippen LogP contribution in [0, 0.1) is 23.1 Å². The van der Waals surface area contributed by atoms with E-state index < -0.39 is 15.8 Å². The fraction of sp³-hybridized carbons (Fsp3) is 0.462. The third-order valence-corrected chi connectivity index (χ3v) is 4.95. The van der Waals surface area contributed by atoms with Gasteiger partial charge in [-0.05, 0) is 24.1 Å². The van der Waals surface area contributed by atoms with E-state index in [1.807, 2.05) is 19.9 Å². The second kappa shape index (κ2) is 7.16. The average Bonchev–Trinajstić information content (AvgIpc) is 2.33. The smallest absolute Gasteiger partial charge is 0.207 e. The Labute approximate surface area is 127 Å². The standard InChI is InChI=1S/C13H16BrFN2O2S/c1-10(2)9-17(7-3-6-16)20(18,19)13-5-4-11(14)8-12(13)15/h4-5,8,10H,3,7,9H2,1-2H3. The Morgan fingerprint density at radius 2 is 2.10 bits per heavy atom. The van der Waals surface area contributed by atoms with Crippen molar-refractivity contribution in [3.8, 4) is 6.07 Å². The quantitative estimate of drug-likeness (QED) is 0.780. The van der Waals surface area contributed by atoms with Crippen molar-refractivity contribution in [2.75, 3.05) is 13.1 Å². The molecule has 110 valence electrons. The molecule has 0 saturated heterocycles. The molecule has 7 heteroatoms. The lowest BCUT2D eigenvalue weighted by Crippen LogP contribution is -2.35. The molecule has 0 heterocycles. The van der Waals surface area contributed by atoms with E-state index in [4.69, 9.17) is 5.26 Å². The van der Waals surface area contributed by atoms with Crippen LogP contribution in [0.2, 0.25) is 0 Å². The summed E-state index contributed by atoms with van der Waals surface area (Å²) in [4.78, 5) is -0.362. The molecule has 0 aliphatic rings. The number of halogens is 2. The average molecular weight is 363 g/mol. The summed E-state index contributed by atoms with van der Waals surface area (Å²) < 4.78 is 40.4. The molecule has 0 bridgehead atoms. The highest BCUT2D eigenvalue weighted by Crippen LogP contribution is 2.23. The van der Waals surface area contributed by atoms with Gasteiger partial charge in [0.25, 0.3) is 0 Å². The topological polar surface area (TPSA) is 61.2 Å². The first-order valence-corrected chi connectivity index (χ1v) is 8.34. The zero-order chi connectivity index (χ0) is 15.3. The van der Waals surface area contributed by atoms with Crippen molar-refractivity contribution in [2.45, 2.75) is 25.2 Å². The van der Waals surface area contributed by atoms with Crippen molar-refractivity contribution in [2.24, 2.45) is 5.92 Å². The normalized spacial score (nSPS) is 11.8. The zero-order valence-electron chi connectivity index (χ0n) is 11.3. The summed E-state index contributed by atoms with van der Waals surface area (Å²) in [5, 5.41) is 8.62. The summed E-state index contributed by atoms with van der Waals surface area (Å²) in [6, 6.07) is 5.74. The molecule has 4 nitrogen and oxygen atoms in total. The Morgan fingerprint density at radius 1 is 1.45 bits per heavy atom. The van der Waals surface area contributed by atoms with Crippen molar-refractivity contribution in [1.82, 2.24) is 4.31 Å². The number of hydrogen-bond acceptors (Lipinski definition) is 3. The SMILES string of the molecule is CC(C)CN(CCC#N)S(=O)(=O)c1ccc(Br)cc1F. The van der Waals surface area contributed by atoms with E-state index in [1.54, 1.807) is 0 Å². The van der Waals surface area contributed by atoms with Crippen molar-refractivity contribution in [3.63, 3.8) is 0 Å². The van der Waals surface area contributed by atoms with Crippen LogP contribution in [0.5, 0.6) is 0 Å². The van der Waals surface area contributed by atoms with Gasteiger partial charge in [0.2, 0.25) is 10.0 Å². The van der Waals surface area contributed by atoms with E-state index in [1.165, 1.54) is 12.1 Å². The predicted molar refractivity (Wildman–Crippen MR) is 77.9 cm³/mol. The minimum absolute atomic E-state index is 0.0620. The van der Waals surface area contributed by atoms with Gasteiger partial charge in [-0.3, -0.25) is 0 Å². The zero-order valence-corrected chi connectivity index (χ0v) is 13.7. The van der Waals surface area contributed by atoms with Crippen molar-refractivity contribution >= 4 is 26.0 Å². The fourth-order valence-electron chi connectivity index (χ4n) is 1.72. The van der Waals surface area contributed by atoms with Crippen LogP contribution in [0.1, 0.15) is 20.3 Å². The molecule has 0 atom stereocenters. The van der Waals surface area contributed by atoms with Crippen molar-refractivity contribution < 1.29 is 12.8 Å². The lowest BCUT2D eigenvalue weighted by molar-refractivity contribution is 0.370. The molecule has 0 fully saturated rings. The Balaban J connectivity index is 3.18. The van der Waals surface area contributed by atoms with Gasteiger partial charge in [0.05, 0.1) is 6.07 Å². The summed E-state index contributed by atoms with van der Waals surface area (Å²) in [7, 11) is -3.93.